The van der Waals surface area contributed by atoms with Gasteiger partial charge in [-0.1, -0.05) is 13.8 Å². The Morgan fingerprint density at radius 1 is 1.33 bits per heavy atom. The van der Waals surface area contributed by atoms with Crippen LogP contribution in [0.5, 0.6) is 0 Å². The number of hydrogen-bond donors (Lipinski definition) is 2. The fourth-order valence-corrected chi connectivity index (χ4v) is 1.47. The third kappa shape index (κ3) is 7.33. The van der Waals surface area contributed by atoms with Crippen molar-refractivity contribution in [1.29, 1.82) is 0 Å². The zero-order valence-corrected chi connectivity index (χ0v) is 10.1. The molecule has 4 heteroatoms. The normalized spacial score (nSPS) is 13.1. The van der Waals surface area contributed by atoms with E-state index in [4.69, 9.17) is 5.11 Å². The van der Waals surface area contributed by atoms with Gasteiger partial charge in [0, 0.05) is 0 Å². The second-order valence-corrected chi connectivity index (χ2v) is 3.94. The Morgan fingerprint density at radius 3 is 2.47 bits per heavy atom. The second kappa shape index (κ2) is 8.68. The molecule has 0 aromatic heterocycles. The Hall–Kier alpha value is -0.610. The van der Waals surface area contributed by atoms with Gasteiger partial charge in [-0.15, -0.1) is 0 Å². The molecule has 0 spiro atoms. The molecule has 4 nitrogen and oxygen atoms in total. The van der Waals surface area contributed by atoms with Crippen molar-refractivity contribution in [3.8, 4) is 0 Å². The second-order valence-electron chi connectivity index (χ2n) is 3.94. The summed E-state index contributed by atoms with van der Waals surface area (Å²) in [7, 11) is 2.03. The Bertz CT molecular complexity index is 174. The molecule has 1 atom stereocenters. The average molecular weight is 216 g/mol. The van der Waals surface area contributed by atoms with Crippen LogP contribution in [0, 0.1) is 0 Å². The average Bonchev–Trinajstić information content (AvgIpc) is 2.17. The van der Waals surface area contributed by atoms with Crippen molar-refractivity contribution in [1.82, 2.24) is 10.2 Å². The van der Waals surface area contributed by atoms with Crippen molar-refractivity contribution in [2.24, 2.45) is 0 Å². The van der Waals surface area contributed by atoms with Gasteiger partial charge >= 0.3 is 5.97 Å². The molecule has 0 aromatic carbocycles. The van der Waals surface area contributed by atoms with Crippen LogP contribution in [0.3, 0.4) is 0 Å². The summed E-state index contributed by atoms with van der Waals surface area (Å²) in [4.78, 5) is 13.1. The van der Waals surface area contributed by atoms with Crippen molar-refractivity contribution in [3.63, 3.8) is 0 Å². The van der Waals surface area contributed by atoms with Gasteiger partial charge in [0.2, 0.25) is 0 Å². The molecule has 90 valence electrons. The molecule has 0 heterocycles. The molecule has 0 aliphatic carbocycles. The van der Waals surface area contributed by atoms with Crippen LogP contribution in [0.4, 0.5) is 0 Å². The van der Waals surface area contributed by atoms with Gasteiger partial charge in [0.05, 0.1) is 0 Å². The maximum Gasteiger partial charge on any atom is 0.320 e. The Kier molecular flexibility index (Phi) is 8.33. The highest BCUT2D eigenvalue weighted by Crippen LogP contribution is 1.96. The third-order valence-corrected chi connectivity index (χ3v) is 2.34. The van der Waals surface area contributed by atoms with E-state index in [1.54, 1.807) is 0 Å². The van der Waals surface area contributed by atoms with E-state index in [2.05, 4.69) is 17.1 Å². The van der Waals surface area contributed by atoms with Gasteiger partial charge < -0.3 is 15.3 Å². The maximum atomic E-state index is 10.9. The molecule has 0 amide bonds. The van der Waals surface area contributed by atoms with Gasteiger partial charge in [-0.25, -0.2) is 0 Å². The molecular weight excluding hydrogens is 192 g/mol. The van der Waals surface area contributed by atoms with Gasteiger partial charge in [0.25, 0.3) is 0 Å². The largest absolute Gasteiger partial charge is 0.480 e. The van der Waals surface area contributed by atoms with Crippen LogP contribution in [0.25, 0.3) is 0 Å². The molecule has 0 aliphatic rings. The topological polar surface area (TPSA) is 52.6 Å². The van der Waals surface area contributed by atoms with Crippen molar-refractivity contribution in [3.05, 3.63) is 0 Å². The third-order valence-electron chi connectivity index (χ3n) is 2.34. The van der Waals surface area contributed by atoms with Gasteiger partial charge in [-0.3, -0.25) is 4.79 Å². The first-order chi connectivity index (χ1) is 7.11. The van der Waals surface area contributed by atoms with Crippen molar-refractivity contribution >= 4 is 5.97 Å². The van der Waals surface area contributed by atoms with Crippen molar-refractivity contribution < 1.29 is 9.90 Å². The minimum atomic E-state index is -0.742. The van der Waals surface area contributed by atoms with E-state index in [9.17, 15) is 4.79 Å². The fraction of sp³-hybridized carbons (Fsp3) is 0.909. The SMILES string of the molecule is CCCNC(CCN(C)CCC)C(=O)O. The number of carbonyl (C=O) groups is 1. The summed E-state index contributed by atoms with van der Waals surface area (Å²) >= 11 is 0. The first kappa shape index (κ1) is 14.4. The van der Waals surface area contributed by atoms with Crippen LogP contribution in [-0.4, -0.2) is 48.7 Å². The van der Waals surface area contributed by atoms with Crippen LogP contribution >= 0.6 is 0 Å². The Balaban J connectivity index is 3.79. The van der Waals surface area contributed by atoms with Crippen molar-refractivity contribution in [2.75, 3.05) is 26.7 Å². The zero-order chi connectivity index (χ0) is 11.7. The lowest BCUT2D eigenvalue weighted by molar-refractivity contribution is -0.139. The molecule has 0 radical (unpaired) electrons. The standard InChI is InChI=1S/C11H24N2O2/c1-4-7-12-10(11(14)15)6-9-13(3)8-5-2/h10,12H,4-9H2,1-3H3,(H,14,15). The lowest BCUT2D eigenvalue weighted by Gasteiger charge is -2.19. The van der Waals surface area contributed by atoms with E-state index in [1.807, 2.05) is 14.0 Å². The minimum absolute atomic E-state index is 0.399. The van der Waals surface area contributed by atoms with Gasteiger partial charge in [-0.05, 0) is 45.9 Å². The number of aliphatic carboxylic acids is 1. The molecule has 0 bridgehead atoms. The number of nitrogens with one attached hydrogen (secondary N) is 1. The Morgan fingerprint density at radius 2 is 2.00 bits per heavy atom. The fourth-order valence-electron chi connectivity index (χ4n) is 1.47. The molecular formula is C11H24N2O2. The summed E-state index contributed by atoms with van der Waals surface area (Å²) in [5, 5.41) is 12.0. The van der Waals surface area contributed by atoms with E-state index in [0.29, 0.717) is 6.42 Å². The van der Waals surface area contributed by atoms with E-state index >= 15 is 0 Å². The molecule has 15 heavy (non-hydrogen) atoms. The van der Waals surface area contributed by atoms with E-state index in [-0.39, 0.29) is 0 Å². The van der Waals surface area contributed by atoms with Gasteiger partial charge in [-0.2, -0.15) is 0 Å². The minimum Gasteiger partial charge on any atom is -0.480 e. The lowest BCUT2D eigenvalue weighted by atomic mass is 10.2. The highest BCUT2D eigenvalue weighted by molar-refractivity contribution is 5.73. The number of carboxylic acids is 1. The summed E-state index contributed by atoms with van der Waals surface area (Å²) < 4.78 is 0. The van der Waals surface area contributed by atoms with Gasteiger partial charge in [0.15, 0.2) is 0 Å². The summed E-state index contributed by atoms with van der Waals surface area (Å²) in [5.41, 5.74) is 0. The number of carboxylic acid groups (broad SMARTS) is 1. The van der Waals surface area contributed by atoms with E-state index in [1.165, 1.54) is 0 Å². The van der Waals surface area contributed by atoms with Gasteiger partial charge in [0.1, 0.15) is 6.04 Å². The quantitative estimate of drug-likeness (QED) is 0.607. The van der Waals surface area contributed by atoms with Crippen LogP contribution < -0.4 is 5.32 Å². The zero-order valence-electron chi connectivity index (χ0n) is 10.1. The molecule has 0 fully saturated rings. The molecule has 0 aromatic rings. The van der Waals surface area contributed by atoms with Crippen LogP contribution in [0.15, 0.2) is 0 Å². The van der Waals surface area contributed by atoms with Crippen LogP contribution in [0.1, 0.15) is 33.1 Å². The highest BCUT2D eigenvalue weighted by atomic mass is 16.4. The summed E-state index contributed by atoms with van der Waals surface area (Å²) in [6, 6.07) is -0.399. The molecule has 0 saturated heterocycles. The molecule has 1 unspecified atom stereocenters. The van der Waals surface area contributed by atoms with Crippen molar-refractivity contribution in [2.45, 2.75) is 39.2 Å². The number of nitrogens with zero attached hydrogens (tertiary/aromatic N) is 1. The lowest BCUT2D eigenvalue weighted by Crippen LogP contribution is -2.39. The highest BCUT2D eigenvalue weighted by Gasteiger charge is 2.16. The summed E-state index contributed by atoms with van der Waals surface area (Å²) in [6.45, 7) is 6.80. The molecule has 0 saturated carbocycles. The predicted molar refractivity (Wildman–Crippen MR) is 62.1 cm³/mol. The number of hydrogen-bond acceptors (Lipinski definition) is 3. The summed E-state index contributed by atoms with van der Waals surface area (Å²) in [5.74, 6) is -0.742. The first-order valence-electron chi connectivity index (χ1n) is 5.76. The van der Waals surface area contributed by atoms with E-state index in [0.717, 1.165) is 32.5 Å². The predicted octanol–water partition coefficient (Wildman–Crippen LogP) is 1.17. The molecule has 0 rings (SSSR count). The summed E-state index contributed by atoms with van der Waals surface area (Å²) in [6.07, 6.45) is 2.75. The Labute approximate surface area is 92.7 Å². The van der Waals surface area contributed by atoms with E-state index < -0.39 is 12.0 Å². The number of rotatable bonds is 9. The smallest absolute Gasteiger partial charge is 0.320 e. The molecule has 0 aliphatic heterocycles. The maximum absolute atomic E-state index is 10.9. The molecule has 2 N–H and O–H groups in total. The van der Waals surface area contributed by atoms with Crippen LogP contribution in [-0.2, 0) is 4.79 Å². The van der Waals surface area contributed by atoms with Crippen LogP contribution in [0.2, 0.25) is 0 Å². The monoisotopic (exact) mass is 216 g/mol. The first-order valence-corrected chi connectivity index (χ1v) is 5.76.